The van der Waals surface area contributed by atoms with Crippen molar-refractivity contribution in [3.8, 4) is 22.9 Å². The van der Waals surface area contributed by atoms with Crippen molar-refractivity contribution in [1.82, 2.24) is 15.1 Å². The summed E-state index contributed by atoms with van der Waals surface area (Å²) in [7, 11) is 1.59. The molecule has 0 spiro atoms. The standard InChI is InChI=1S/C20H21N3O5/c1-14(27-17-9-7-16(25-2)8-10-17)20(24)26-12-4-6-18-22-19(23-28-18)15-5-3-11-21-13-15/h3,5,7-11,13-14H,4,6,12H2,1-2H3. The molecular formula is C20H21N3O5. The van der Waals surface area contributed by atoms with Crippen LogP contribution >= 0.6 is 0 Å². The van der Waals surface area contributed by atoms with E-state index in [1.807, 2.05) is 6.07 Å². The summed E-state index contributed by atoms with van der Waals surface area (Å²) in [5.41, 5.74) is 0.786. The van der Waals surface area contributed by atoms with Crippen LogP contribution in [0, 0.1) is 0 Å². The van der Waals surface area contributed by atoms with Crippen LogP contribution in [0.2, 0.25) is 0 Å². The molecule has 28 heavy (non-hydrogen) atoms. The van der Waals surface area contributed by atoms with Crippen LogP contribution < -0.4 is 9.47 Å². The van der Waals surface area contributed by atoms with Gasteiger partial charge in [-0.2, -0.15) is 4.98 Å². The fourth-order valence-electron chi connectivity index (χ4n) is 2.39. The number of aryl methyl sites for hydroxylation is 1. The van der Waals surface area contributed by atoms with Gasteiger partial charge in [0.1, 0.15) is 11.5 Å². The van der Waals surface area contributed by atoms with Gasteiger partial charge in [-0.1, -0.05) is 5.16 Å². The maximum atomic E-state index is 12.0. The third-order valence-electron chi connectivity index (χ3n) is 3.87. The number of methoxy groups -OCH3 is 1. The quantitative estimate of drug-likeness (QED) is 0.411. The zero-order valence-electron chi connectivity index (χ0n) is 15.7. The molecule has 2 aromatic heterocycles. The summed E-state index contributed by atoms with van der Waals surface area (Å²) in [5.74, 6) is 1.82. The topological polar surface area (TPSA) is 96.6 Å². The molecule has 2 heterocycles. The number of ether oxygens (including phenoxy) is 3. The summed E-state index contributed by atoms with van der Waals surface area (Å²) in [6.07, 6.45) is 3.71. The van der Waals surface area contributed by atoms with Crippen LogP contribution in [0.5, 0.6) is 11.5 Å². The highest BCUT2D eigenvalue weighted by molar-refractivity contribution is 5.74. The molecule has 1 aromatic carbocycles. The zero-order chi connectivity index (χ0) is 19.8. The first-order valence-corrected chi connectivity index (χ1v) is 8.86. The normalized spacial score (nSPS) is 11.6. The highest BCUT2D eigenvalue weighted by atomic mass is 16.6. The Bertz CT molecular complexity index is 880. The van der Waals surface area contributed by atoms with Gasteiger partial charge < -0.3 is 18.7 Å². The van der Waals surface area contributed by atoms with E-state index >= 15 is 0 Å². The lowest BCUT2D eigenvalue weighted by Crippen LogP contribution is -2.26. The maximum absolute atomic E-state index is 12.0. The molecule has 1 unspecified atom stereocenters. The van der Waals surface area contributed by atoms with Crippen LogP contribution in [0.1, 0.15) is 19.2 Å². The second kappa shape index (κ2) is 9.50. The van der Waals surface area contributed by atoms with Crippen molar-refractivity contribution in [1.29, 1.82) is 0 Å². The van der Waals surface area contributed by atoms with Gasteiger partial charge in [0.05, 0.1) is 13.7 Å². The number of hydrogen-bond acceptors (Lipinski definition) is 8. The van der Waals surface area contributed by atoms with E-state index in [0.717, 1.165) is 11.3 Å². The Morgan fingerprint density at radius 1 is 1.18 bits per heavy atom. The Hall–Kier alpha value is -3.42. The minimum absolute atomic E-state index is 0.236. The van der Waals surface area contributed by atoms with Gasteiger partial charge in [-0.15, -0.1) is 0 Å². The number of nitrogens with zero attached hydrogens (tertiary/aromatic N) is 3. The summed E-state index contributed by atoms with van der Waals surface area (Å²) in [6.45, 7) is 1.88. The van der Waals surface area contributed by atoms with Crippen molar-refractivity contribution < 1.29 is 23.5 Å². The lowest BCUT2D eigenvalue weighted by atomic mass is 10.3. The number of pyridine rings is 1. The average molecular weight is 383 g/mol. The van der Waals surface area contributed by atoms with Gasteiger partial charge in [0.15, 0.2) is 6.10 Å². The molecule has 1 atom stereocenters. The first-order chi connectivity index (χ1) is 13.7. The van der Waals surface area contributed by atoms with Crippen LogP contribution in [0.4, 0.5) is 0 Å². The molecule has 0 aliphatic heterocycles. The van der Waals surface area contributed by atoms with Crippen molar-refractivity contribution in [3.63, 3.8) is 0 Å². The summed E-state index contributed by atoms with van der Waals surface area (Å²) in [6, 6.07) is 10.7. The largest absolute Gasteiger partial charge is 0.497 e. The van der Waals surface area contributed by atoms with E-state index in [2.05, 4.69) is 15.1 Å². The van der Waals surface area contributed by atoms with E-state index in [0.29, 0.717) is 30.3 Å². The van der Waals surface area contributed by atoms with Crippen LogP contribution in [-0.2, 0) is 16.0 Å². The van der Waals surface area contributed by atoms with E-state index in [1.54, 1.807) is 56.8 Å². The Morgan fingerprint density at radius 2 is 1.96 bits per heavy atom. The molecular weight excluding hydrogens is 362 g/mol. The van der Waals surface area contributed by atoms with E-state index < -0.39 is 12.1 Å². The summed E-state index contributed by atoms with van der Waals surface area (Å²) in [5, 5.41) is 3.92. The predicted octanol–water partition coefficient (Wildman–Crippen LogP) is 3.08. The van der Waals surface area contributed by atoms with Crippen LogP contribution in [-0.4, -0.2) is 40.9 Å². The first kappa shape index (κ1) is 19.3. The second-order valence-corrected chi connectivity index (χ2v) is 5.96. The van der Waals surface area contributed by atoms with Gasteiger partial charge in [0.2, 0.25) is 11.7 Å². The number of carbonyl (C=O) groups is 1. The van der Waals surface area contributed by atoms with E-state index in [9.17, 15) is 4.79 Å². The SMILES string of the molecule is COc1ccc(OC(C)C(=O)OCCCc2nc(-c3cccnc3)no2)cc1. The lowest BCUT2D eigenvalue weighted by Gasteiger charge is -2.14. The number of carbonyl (C=O) groups excluding carboxylic acids is 1. The second-order valence-electron chi connectivity index (χ2n) is 5.96. The molecule has 0 bridgehead atoms. The van der Waals surface area contributed by atoms with Gasteiger partial charge >= 0.3 is 5.97 Å². The van der Waals surface area contributed by atoms with Crippen LogP contribution in [0.3, 0.4) is 0 Å². The molecule has 3 aromatic rings. The monoisotopic (exact) mass is 383 g/mol. The maximum Gasteiger partial charge on any atom is 0.347 e. The number of aromatic nitrogens is 3. The molecule has 0 aliphatic rings. The van der Waals surface area contributed by atoms with Crippen molar-refractivity contribution in [2.75, 3.05) is 13.7 Å². The molecule has 0 fully saturated rings. The minimum Gasteiger partial charge on any atom is -0.497 e. The van der Waals surface area contributed by atoms with Gasteiger partial charge in [-0.05, 0) is 49.7 Å². The molecule has 0 radical (unpaired) electrons. The van der Waals surface area contributed by atoms with Crippen molar-refractivity contribution in [3.05, 3.63) is 54.7 Å². The smallest absolute Gasteiger partial charge is 0.347 e. The number of rotatable bonds is 9. The van der Waals surface area contributed by atoms with Crippen molar-refractivity contribution >= 4 is 5.97 Å². The number of esters is 1. The van der Waals surface area contributed by atoms with Gasteiger partial charge in [0.25, 0.3) is 0 Å². The highest BCUT2D eigenvalue weighted by Crippen LogP contribution is 2.18. The van der Waals surface area contributed by atoms with E-state index in [4.69, 9.17) is 18.7 Å². The van der Waals surface area contributed by atoms with E-state index in [1.165, 1.54) is 0 Å². The Kier molecular flexibility index (Phi) is 6.56. The molecule has 0 aliphatic carbocycles. The van der Waals surface area contributed by atoms with Gasteiger partial charge in [0, 0.05) is 24.4 Å². The summed E-state index contributed by atoms with van der Waals surface area (Å²) in [4.78, 5) is 20.4. The highest BCUT2D eigenvalue weighted by Gasteiger charge is 2.16. The van der Waals surface area contributed by atoms with Crippen LogP contribution in [0.25, 0.3) is 11.4 Å². The number of hydrogen-bond donors (Lipinski definition) is 0. The molecule has 146 valence electrons. The molecule has 8 nitrogen and oxygen atoms in total. The molecule has 0 amide bonds. The lowest BCUT2D eigenvalue weighted by molar-refractivity contribution is -0.151. The van der Waals surface area contributed by atoms with Gasteiger partial charge in [-0.25, -0.2) is 4.79 Å². The molecule has 3 rings (SSSR count). The Morgan fingerprint density at radius 3 is 2.68 bits per heavy atom. The van der Waals surface area contributed by atoms with E-state index in [-0.39, 0.29) is 6.61 Å². The molecule has 0 N–H and O–H groups in total. The molecule has 0 saturated carbocycles. The number of benzene rings is 1. The first-order valence-electron chi connectivity index (χ1n) is 8.86. The summed E-state index contributed by atoms with van der Waals surface area (Å²) >= 11 is 0. The fourth-order valence-corrected chi connectivity index (χ4v) is 2.39. The predicted molar refractivity (Wildman–Crippen MR) is 99.9 cm³/mol. The fraction of sp³-hybridized carbons (Fsp3) is 0.300. The average Bonchev–Trinajstić information content (AvgIpc) is 3.21. The van der Waals surface area contributed by atoms with Crippen molar-refractivity contribution in [2.45, 2.75) is 25.9 Å². The van der Waals surface area contributed by atoms with Crippen molar-refractivity contribution in [2.24, 2.45) is 0 Å². The molecule has 0 saturated heterocycles. The van der Waals surface area contributed by atoms with Gasteiger partial charge in [-0.3, -0.25) is 4.98 Å². The summed E-state index contributed by atoms with van der Waals surface area (Å²) < 4.78 is 21.1. The minimum atomic E-state index is -0.714. The molecule has 8 heteroatoms. The Labute approximate surface area is 162 Å². The Balaban J connectivity index is 1.39. The zero-order valence-corrected chi connectivity index (χ0v) is 15.7. The van der Waals surface area contributed by atoms with Crippen LogP contribution in [0.15, 0.2) is 53.3 Å². The third-order valence-corrected chi connectivity index (χ3v) is 3.87. The third kappa shape index (κ3) is 5.29.